The molecule has 22 heavy (non-hydrogen) atoms. The summed E-state index contributed by atoms with van der Waals surface area (Å²) < 4.78 is 2.07. The van der Waals surface area contributed by atoms with Crippen molar-refractivity contribution in [3.63, 3.8) is 0 Å². The summed E-state index contributed by atoms with van der Waals surface area (Å²) in [6.07, 6.45) is 5.94. The summed E-state index contributed by atoms with van der Waals surface area (Å²) in [6, 6.07) is 3.05. The Morgan fingerprint density at radius 2 is 2.09 bits per heavy atom. The second kappa shape index (κ2) is 6.41. The van der Waals surface area contributed by atoms with E-state index in [0.29, 0.717) is 24.5 Å². The molecular weight excluding hydrogens is 276 g/mol. The van der Waals surface area contributed by atoms with Crippen molar-refractivity contribution in [2.75, 3.05) is 20.1 Å². The average molecular weight is 304 g/mol. The first-order valence-corrected chi connectivity index (χ1v) is 8.55. The predicted molar refractivity (Wildman–Crippen MR) is 86.7 cm³/mol. The third kappa shape index (κ3) is 3.51. The fourth-order valence-electron chi connectivity index (χ4n) is 3.53. The van der Waals surface area contributed by atoms with E-state index >= 15 is 0 Å². The molecule has 3 rings (SSSR count). The number of likely N-dealkylation sites (tertiary alicyclic amines) is 1. The number of aryl methyl sites for hydroxylation is 2. The highest BCUT2D eigenvalue weighted by atomic mass is 16.2. The zero-order chi connectivity index (χ0) is 15.7. The van der Waals surface area contributed by atoms with Gasteiger partial charge in [-0.2, -0.15) is 5.10 Å². The highest BCUT2D eigenvalue weighted by Crippen LogP contribution is 2.26. The van der Waals surface area contributed by atoms with Crippen LogP contribution >= 0.6 is 0 Å². The van der Waals surface area contributed by atoms with E-state index in [-0.39, 0.29) is 0 Å². The number of amides is 1. The molecule has 1 aromatic rings. The van der Waals surface area contributed by atoms with Gasteiger partial charge in [-0.25, -0.2) is 0 Å². The SMILES string of the molecule is Cc1cc(C)n(C[C@H]2CCCCN2C(=O)CN(C)C2CC2)n1. The molecule has 1 aliphatic heterocycles. The minimum Gasteiger partial charge on any atom is -0.337 e. The van der Waals surface area contributed by atoms with Crippen LogP contribution < -0.4 is 0 Å². The molecule has 2 heterocycles. The maximum absolute atomic E-state index is 12.7. The second-order valence-electron chi connectivity index (χ2n) is 6.99. The van der Waals surface area contributed by atoms with Crippen molar-refractivity contribution in [3.8, 4) is 0 Å². The van der Waals surface area contributed by atoms with Crippen molar-refractivity contribution < 1.29 is 4.79 Å². The van der Waals surface area contributed by atoms with Crippen molar-refractivity contribution in [3.05, 3.63) is 17.5 Å². The molecule has 0 unspecified atom stereocenters. The molecule has 1 atom stereocenters. The first-order chi connectivity index (χ1) is 10.5. The van der Waals surface area contributed by atoms with Gasteiger partial charge in [0.15, 0.2) is 0 Å². The normalized spacial score (nSPS) is 22.4. The standard InChI is InChI=1S/C17H28N4O/c1-13-10-14(2)21(18-13)11-16-6-4-5-9-20(16)17(22)12-19(3)15-7-8-15/h10,15-16H,4-9,11-12H2,1-3H3/t16-/m1/s1. The van der Waals surface area contributed by atoms with Crippen LogP contribution in [-0.2, 0) is 11.3 Å². The zero-order valence-corrected chi connectivity index (χ0v) is 14.1. The summed E-state index contributed by atoms with van der Waals surface area (Å²) in [5, 5.41) is 4.57. The molecule has 1 saturated heterocycles. The van der Waals surface area contributed by atoms with Gasteiger partial charge in [0.25, 0.3) is 0 Å². The quantitative estimate of drug-likeness (QED) is 0.835. The molecule has 0 N–H and O–H groups in total. The summed E-state index contributed by atoms with van der Waals surface area (Å²) in [6.45, 7) is 6.42. The molecule has 5 nitrogen and oxygen atoms in total. The van der Waals surface area contributed by atoms with Crippen molar-refractivity contribution in [1.29, 1.82) is 0 Å². The van der Waals surface area contributed by atoms with E-state index in [9.17, 15) is 4.79 Å². The van der Waals surface area contributed by atoms with Gasteiger partial charge in [-0.1, -0.05) is 0 Å². The third-order valence-electron chi connectivity index (χ3n) is 4.99. The van der Waals surface area contributed by atoms with Crippen LogP contribution in [-0.4, -0.2) is 57.7 Å². The van der Waals surface area contributed by atoms with Crippen LogP contribution in [0, 0.1) is 13.8 Å². The lowest BCUT2D eigenvalue weighted by Gasteiger charge is -2.37. The first-order valence-electron chi connectivity index (χ1n) is 8.55. The van der Waals surface area contributed by atoms with Gasteiger partial charge in [0.2, 0.25) is 5.91 Å². The van der Waals surface area contributed by atoms with Gasteiger partial charge < -0.3 is 4.90 Å². The van der Waals surface area contributed by atoms with E-state index in [4.69, 9.17) is 0 Å². The van der Waals surface area contributed by atoms with Gasteiger partial charge in [0, 0.05) is 18.3 Å². The Balaban J connectivity index is 1.65. The highest BCUT2D eigenvalue weighted by Gasteiger charge is 2.32. The number of carbonyl (C=O) groups excluding carboxylic acids is 1. The molecule has 0 bridgehead atoms. The van der Waals surface area contributed by atoms with Crippen molar-refractivity contribution >= 4 is 5.91 Å². The summed E-state index contributed by atoms with van der Waals surface area (Å²) >= 11 is 0. The molecule has 122 valence electrons. The summed E-state index contributed by atoms with van der Waals surface area (Å²) in [5.41, 5.74) is 2.24. The maximum atomic E-state index is 12.7. The number of nitrogens with zero attached hydrogens (tertiary/aromatic N) is 4. The van der Waals surface area contributed by atoms with Crippen molar-refractivity contribution in [2.24, 2.45) is 0 Å². The van der Waals surface area contributed by atoms with E-state index in [1.54, 1.807) is 0 Å². The smallest absolute Gasteiger partial charge is 0.237 e. The first kappa shape index (κ1) is 15.5. The Bertz CT molecular complexity index is 535. The summed E-state index contributed by atoms with van der Waals surface area (Å²) in [5.74, 6) is 0.292. The molecule has 0 aromatic carbocycles. The molecule has 0 spiro atoms. The average Bonchev–Trinajstić information content (AvgIpc) is 3.27. The highest BCUT2D eigenvalue weighted by molar-refractivity contribution is 5.78. The number of piperidine rings is 1. The second-order valence-corrected chi connectivity index (χ2v) is 6.99. The summed E-state index contributed by atoms with van der Waals surface area (Å²) in [4.78, 5) is 17.0. The van der Waals surface area contributed by atoms with E-state index < -0.39 is 0 Å². The minimum absolute atomic E-state index is 0.292. The van der Waals surface area contributed by atoms with Gasteiger partial charge in [-0.15, -0.1) is 0 Å². The van der Waals surface area contributed by atoms with E-state index in [2.05, 4.69) is 39.6 Å². The maximum Gasteiger partial charge on any atom is 0.237 e. The van der Waals surface area contributed by atoms with Crippen LogP contribution in [0.5, 0.6) is 0 Å². The zero-order valence-electron chi connectivity index (χ0n) is 14.1. The van der Waals surface area contributed by atoms with Crippen molar-refractivity contribution in [1.82, 2.24) is 19.6 Å². The fraction of sp³-hybridized carbons (Fsp3) is 0.765. The number of hydrogen-bond donors (Lipinski definition) is 0. The van der Waals surface area contributed by atoms with Crippen LogP contribution in [0.15, 0.2) is 6.07 Å². The number of aromatic nitrogens is 2. The van der Waals surface area contributed by atoms with Gasteiger partial charge in [-0.05, 0) is 59.1 Å². The van der Waals surface area contributed by atoms with Crippen LogP contribution in [0.4, 0.5) is 0 Å². The molecule has 1 aromatic heterocycles. The number of carbonyl (C=O) groups is 1. The van der Waals surface area contributed by atoms with E-state index in [1.165, 1.54) is 25.0 Å². The van der Waals surface area contributed by atoms with Crippen LogP contribution in [0.1, 0.15) is 43.5 Å². The third-order valence-corrected chi connectivity index (χ3v) is 4.99. The predicted octanol–water partition coefficient (Wildman–Crippen LogP) is 1.98. The van der Waals surface area contributed by atoms with Crippen LogP contribution in [0.2, 0.25) is 0 Å². The Labute approximate surface area is 133 Å². The monoisotopic (exact) mass is 304 g/mol. The minimum atomic E-state index is 0.292. The number of rotatable bonds is 5. The summed E-state index contributed by atoms with van der Waals surface area (Å²) in [7, 11) is 2.08. The number of hydrogen-bond acceptors (Lipinski definition) is 3. The Kier molecular flexibility index (Phi) is 4.52. The van der Waals surface area contributed by atoms with Crippen LogP contribution in [0.25, 0.3) is 0 Å². The Morgan fingerprint density at radius 3 is 2.73 bits per heavy atom. The molecule has 1 amide bonds. The molecule has 2 fully saturated rings. The largest absolute Gasteiger partial charge is 0.337 e. The Morgan fingerprint density at radius 1 is 1.32 bits per heavy atom. The van der Waals surface area contributed by atoms with Gasteiger partial charge in [-0.3, -0.25) is 14.4 Å². The lowest BCUT2D eigenvalue weighted by molar-refractivity contribution is -0.136. The van der Waals surface area contributed by atoms with Crippen molar-refractivity contribution in [2.45, 2.75) is 64.6 Å². The lowest BCUT2D eigenvalue weighted by Crippen LogP contribution is -2.49. The van der Waals surface area contributed by atoms with Gasteiger partial charge >= 0.3 is 0 Å². The van der Waals surface area contributed by atoms with E-state index in [1.807, 2.05) is 6.92 Å². The molecule has 2 aliphatic rings. The molecular formula is C17H28N4O. The topological polar surface area (TPSA) is 41.4 Å². The molecule has 5 heteroatoms. The van der Waals surface area contributed by atoms with E-state index in [0.717, 1.165) is 31.6 Å². The molecule has 1 aliphatic carbocycles. The lowest BCUT2D eigenvalue weighted by atomic mass is 10.0. The van der Waals surface area contributed by atoms with Gasteiger partial charge in [0.1, 0.15) is 0 Å². The number of likely N-dealkylation sites (N-methyl/N-ethyl adjacent to an activating group) is 1. The molecule has 0 radical (unpaired) electrons. The fourth-order valence-corrected chi connectivity index (χ4v) is 3.53. The molecule has 1 saturated carbocycles. The van der Waals surface area contributed by atoms with Crippen LogP contribution in [0.3, 0.4) is 0 Å². The Hall–Kier alpha value is -1.36. The van der Waals surface area contributed by atoms with Gasteiger partial charge in [0.05, 0.1) is 24.8 Å².